The molecule has 2 aromatic heterocycles. The fourth-order valence-corrected chi connectivity index (χ4v) is 6.41. The van der Waals surface area contributed by atoms with Crippen molar-refractivity contribution in [3.8, 4) is 0 Å². The predicted molar refractivity (Wildman–Crippen MR) is 135 cm³/mol. The number of carbonyl (C=O) groups excluding carboxylic acids is 2. The molecule has 0 spiro atoms. The maximum atomic E-state index is 13.5. The van der Waals surface area contributed by atoms with Crippen LogP contribution in [0.25, 0.3) is 0 Å². The molecule has 184 valence electrons. The van der Waals surface area contributed by atoms with Crippen molar-refractivity contribution < 1.29 is 18.4 Å². The number of rotatable bonds is 6. The Morgan fingerprint density at radius 1 is 1.17 bits per heavy atom. The Hall–Kier alpha value is -3.28. The van der Waals surface area contributed by atoms with Gasteiger partial charge in [-0.3, -0.25) is 14.7 Å². The van der Waals surface area contributed by atoms with E-state index in [4.69, 9.17) is 16.6 Å². The first-order valence-electron chi connectivity index (χ1n) is 10.8. The Morgan fingerprint density at radius 2 is 1.94 bits per heavy atom. The molecule has 3 heterocycles. The maximum absolute atomic E-state index is 13.5. The topological polar surface area (TPSA) is 99.8 Å². The molecule has 2 aromatic carbocycles. The van der Waals surface area contributed by atoms with Crippen LogP contribution < -0.4 is 10.6 Å². The zero-order valence-corrected chi connectivity index (χ0v) is 21.1. The van der Waals surface area contributed by atoms with Gasteiger partial charge < -0.3 is 10.6 Å². The number of nitrogens with one attached hydrogen (secondary N) is 3. The fourth-order valence-electron chi connectivity index (χ4n) is 3.71. The van der Waals surface area contributed by atoms with E-state index in [-0.39, 0.29) is 33.9 Å². The van der Waals surface area contributed by atoms with Crippen LogP contribution in [0, 0.1) is 18.6 Å². The van der Waals surface area contributed by atoms with Gasteiger partial charge in [-0.1, -0.05) is 29.8 Å². The van der Waals surface area contributed by atoms with Gasteiger partial charge in [0, 0.05) is 15.8 Å². The lowest BCUT2D eigenvalue weighted by molar-refractivity contribution is 0.0945. The lowest BCUT2D eigenvalue weighted by Crippen LogP contribution is -2.23. The highest BCUT2D eigenvalue weighted by atomic mass is 35.5. The number of amides is 2. The highest BCUT2D eigenvalue weighted by Crippen LogP contribution is 2.47. The van der Waals surface area contributed by atoms with Gasteiger partial charge in [-0.05, 0) is 37.1 Å². The Labute approximate surface area is 217 Å². The number of halogens is 3. The molecule has 4 aromatic rings. The van der Waals surface area contributed by atoms with E-state index in [9.17, 15) is 18.4 Å². The first-order valence-corrected chi connectivity index (χ1v) is 12.9. The van der Waals surface area contributed by atoms with Gasteiger partial charge in [0.15, 0.2) is 17.3 Å². The third-order valence-corrected chi connectivity index (χ3v) is 8.61. The number of carbonyl (C=O) groups is 2. The normalized spacial score (nSPS) is 14.5. The number of aromatic nitrogens is 3. The second-order valence-electron chi connectivity index (χ2n) is 8.03. The SMILES string of the molecule is Cc1nc(C2Cc3ccccc3S2)sc1CNC(=O)c1cc(NC(=O)c2cc(F)c(F)cc2Cl)[nH]n1. The van der Waals surface area contributed by atoms with Crippen molar-refractivity contribution in [1.82, 2.24) is 20.5 Å². The summed E-state index contributed by atoms with van der Waals surface area (Å²) in [5.41, 5.74) is 1.98. The molecule has 0 saturated carbocycles. The van der Waals surface area contributed by atoms with Crippen molar-refractivity contribution in [2.45, 2.75) is 30.0 Å². The minimum Gasteiger partial charge on any atom is -0.346 e. The molecule has 36 heavy (non-hydrogen) atoms. The molecule has 1 aliphatic heterocycles. The summed E-state index contributed by atoms with van der Waals surface area (Å²) in [5, 5.41) is 12.7. The van der Waals surface area contributed by atoms with Crippen molar-refractivity contribution in [3.63, 3.8) is 0 Å². The van der Waals surface area contributed by atoms with Crippen LogP contribution in [0.2, 0.25) is 5.02 Å². The molecule has 2 amide bonds. The largest absolute Gasteiger partial charge is 0.346 e. The summed E-state index contributed by atoms with van der Waals surface area (Å²) in [6.45, 7) is 2.20. The molecule has 12 heteroatoms. The molecule has 1 aliphatic rings. The molecule has 0 bridgehead atoms. The number of nitrogens with zero attached hydrogens (tertiary/aromatic N) is 2. The van der Waals surface area contributed by atoms with Crippen molar-refractivity contribution in [2.75, 3.05) is 5.32 Å². The summed E-state index contributed by atoms with van der Waals surface area (Å²) in [6, 6.07) is 11.1. The molecule has 5 rings (SSSR count). The van der Waals surface area contributed by atoms with Crippen LogP contribution in [0.5, 0.6) is 0 Å². The molecular weight excluding hydrogens is 528 g/mol. The Balaban J connectivity index is 1.19. The summed E-state index contributed by atoms with van der Waals surface area (Å²) in [7, 11) is 0. The molecule has 3 N–H and O–H groups in total. The molecule has 7 nitrogen and oxygen atoms in total. The molecule has 1 unspecified atom stereocenters. The molecule has 0 fully saturated rings. The molecule has 0 radical (unpaired) electrons. The average molecular weight is 546 g/mol. The molecule has 0 aliphatic carbocycles. The Morgan fingerprint density at radius 3 is 2.75 bits per heavy atom. The Kier molecular flexibility index (Phi) is 6.78. The number of thiazole rings is 1. The van der Waals surface area contributed by atoms with E-state index in [1.165, 1.54) is 16.5 Å². The number of hydrogen-bond acceptors (Lipinski definition) is 6. The van der Waals surface area contributed by atoms with Gasteiger partial charge in [0.05, 0.1) is 28.1 Å². The van der Waals surface area contributed by atoms with Crippen LogP contribution in [0.15, 0.2) is 47.4 Å². The zero-order valence-electron chi connectivity index (χ0n) is 18.7. The van der Waals surface area contributed by atoms with E-state index in [1.807, 2.05) is 19.1 Å². The number of H-pyrrole nitrogens is 1. The lowest BCUT2D eigenvalue weighted by Gasteiger charge is -2.05. The standard InChI is InChI=1S/C24H18ClF2N5O2S2/c1-11-20(36-24(29-11)19-6-12-4-2-3-5-18(12)35-19)10-28-23(34)17-9-21(32-31-17)30-22(33)13-7-15(26)16(27)8-14(13)25/h2-5,7-9,19H,6,10H2,1H3,(H,28,34)(H2,30,31,32,33). The number of fused-ring (bicyclic) bond motifs is 1. The highest BCUT2D eigenvalue weighted by Gasteiger charge is 2.27. The van der Waals surface area contributed by atoms with Crippen molar-refractivity contribution in [3.05, 3.63) is 91.5 Å². The van der Waals surface area contributed by atoms with Gasteiger partial charge >= 0.3 is 0 Å². The van der Waals surface area contributed by atoms with Gasteiger partial charge in [-0.15, -0.1) is 23.1 Å². The van der Waals surface area contributed by atoms with E-state index in [0.29, 0.717) is 12.1 Å². The van der Waals surface area contributed by atoms with Gasteiger partial charge in [-0.2, -0.15) is 5.10 Å². The summed E-state index contributed by atoms with van der Waals surface area (Å²) >= 11 is 9.22. The predicted octanol–water partition coefficient (Wildman–Crippen LogP) is 5.68. The number of benzene rings is 2. The number of hydrogen-bond donors (Lipinski definition) is 3. The molecule has 0 saturated heterocycles. The monoisotopic (exact) mass is 545 g/mol. The van der Waals surface area contributed by atoms with Crippen LogP contribution in [0.3, 0.4) is 0 Å². The number of thioether (sulfide) groups is 1. The average Bonchev–Trinajstić information content (AvgIpc) is 3.58. The minimum absolute atomic E-state index is 0.0471. The van der Waals surface area contributed by atoms with Crippen molar-refractivity contribution in [2.24, 2.45) is 0 Å². The van der Waals surface area contributed by atoms with Gasteiger partial charge in [0.25, 0.3) is 11.8 Å². The quantitative estimate of drug-likeness (QED) is 0.271. The minimum atomic E-state index is -1.20. The van der Waals surface area contributed by atoms with Crippen molar-refractivity contribution >= 4 is 52.3 Å². The summed E-state index contributed by atoms with van der Waals surface area (Å²) in [4.78, 5) is 31.9. The third-order valence-electron chi connectivity index (χ3n) is 5.55. The van der Waals surface area contributed by atoms with E-state index in [0.717, 1.165) is 22.0 Å². The van der Waals surface area contributed by atoms with Crippen LogP contribution in [0.1, 0.15) is 47.2 Å². The molecule has 1 atom stereocenters. The Bertz CT molecular complexity index is 1460. The smallest absolute Gasteiger partial charge is 0.272 e. The van der Waals surface area contributed by atoms with Gasteiger partial charge in [0.1, 0.15) is 10.8 Å². The van der Waals surface area contributed by atoms with E-state index >= 15 is 0 Å². The van der Waals surface area contributed by atoms with Gasteiger partial charge in [0.2, 0.25) is 0 Å². The van der Waals surface area contributed by atoms with Crippen LogP contribution in [-0.2, 0) is 13.0 Å². The van der Waals surface area contributed by atoms with Crippen LogP contribution >= 0.6 is 34.7 Å². The van der Waals surface area contributed by atoms with E-state index in [1.54, 1.807) is 23.1 Å². The van der Waals surface area contributed by atoms with Crippen LogP contribution in [-0.4, -0.2) is 27.0 Å². The number of anilines is 1. The van der Waals surface area contributed by atoms with Crippen molar-refractivity contribution in [1.29, 1.82) is 0 Å². The second kappa shape index (κ2) is 10.00. The van der Waals surface area contributed by atoms with Gasteiger partial charge in [-0.25, -0.2) is 13.8 Å². The highest BCUT2D eigenvalue weighted by molar-refractivity contribution is 8.00. The number of aryl methyl sites for hydroxylation is 1. The third kappa shape index (κ3) is 4.99. The van der Waals surface area contributed by atoms with E-state index < -0.39 is 23.4 Å². The first kappa shape index (κ1) is 24.4. The van der Waals surface area contributed by atoms with Crippen LogP contribution in [0.4, 0.5) is 14.6 Å². The zero-order chi connectivity index (χ0) is 25.4. The lowest BCUT2D eigenvalue weighted by atomic mass is 10.1. The first-order chi connectivity index (χ1) is 17.3. The fraction of sp³-hybridized carbons (Fsp3) is 0.167. The summed E-state index contributed by atoms with van der Waals surface area (Å²) < 4.78 is 26.7. The van der Waals surface area contributed by atoms with E-state index in [2.05, 4.69) is 33.0 Å². The number of aromatic amines is 1. The summed E-state index contributed by atoms with van der Waals surface area (Å²) in [5.74, 6) is -3.50. The second-order valence-corrected chi connectivity index (χ2v) is 10.8. The molecular formula is C24H18ClF2N5O2S2. The summed E-state index contributed by atoms with van der Waals surface area (Å²) in [6.07, 6.45) is 0.928. The maximum Gasteiger partial charge on any atom is 0.272 e.